The fourth-order valence-corrected chi connectivity index (χ4v) is 4.76. The van der Waals surface area contributed by atoms with Crippen LogP contribution in [0.3, 0.4) is 0 Å². The predicted octanol–water partition coefficient (Wildman–Crippen LogP) is 6.35. The van der Waals surface area contributed by atoms with Crippen molar-refractivity contribution < 1.29 is 19.4 Å². The molecule has 4 rings (SSSR count). The number of nitrogens with zero attached hydrogens (tertiary/aromatic N) is 2. The molecular formula is C26H21BrN2O4S. The summed E-state index contributed by atoms with van der Waals surface area (Å²) in [6.07, 6.45) is 1.80. The molecule has 0 unspecified atom stereocenters. The van der Waals surface area contributed by atoms with Gasteiger partial charge in [-0.1, -0.05) is 52.3 Å². The zero-order valence-corrected chi connectivity index (χ0v) is 20.7. The number of amides is 1. The van der Waals surface area contributed by atoms with Crippen molar-refractivity contribution in [1.82, 2.24) is 4.90 Å². The molecule has 3 aromatic rings. The van der Waals surface area contributed by atoms with Gasteiger partial charge in [-0.2, -0.15) is 0 Å². The van der Waals surface area contributed by atoms with Crippen molar-refractivity contribution in [2.75, 3.05) is 6.54 Å². The molecule has 0 radical (unpaired) electrons. The van der Waals surface area contributed by atoms with Gasteiger partial charge in [0.25, 0.3) is 5.91 Å². The Morgan fingerprint density at radius 3 is 2.65 bits per heavy atom. The largest absolute Gasteiger partial charge is 0.488 e. The number of rotatable bonds is 7. The number of hydrogen-bond donors (Lipinski definition) is 1. The number of hydrogen-bond acceptors (Lipinski definition) is 5. The van der Waals surface area contributed by atoms with Crippen molar-refractivity contribution in [3.05, 3.63) is 98.9 Å². The summed E-state index contributed by atoms with van der Waals surface area (Å²) in [6, 6.07) is 21.9. The minimum atomic E-state index is -1.03. The van der Waals surface area contributed by atoms with E-state index in [4.69, 9.17) is 4.74 Å². The second kappa shape index (κ2) is 10.7. The number of aliphatic imine (C=N–C) groups is 1. The number of benzene rings is 3. The van der Waals surface area contributed by atoms with Gasteiger partial charge in [0.2, 0.25) is 0 Å². The molecule has 1 amide bonds. The third-order valence-electron chi connectivity index (χ3n) is 5.02. The summed E-state index contributed by atoms with van der Waals surface area (Å²) in [5.41, 5.74) is 2.44. The topological polar surface area (TPSA) is 79.2 Å². The molecule has 1 saturated heterocycles. The Morgan fingerprint density at radius 1 is 1.12 bits per heavy atom. The van der Waals surface area contributed by atoms with Gasteiger partial charge in [0, 0.05) is 16.6 Å². The smallest absolute Gasteiger partial charge is 0.335 e. The van der Waals surface area contributed by atoms with Crippen molar-refractivity contribution in [2.45, 2.75) is 13.5 Å². The van der Waals surface area contributed by atoms with E-state index < -0.39 is 5.97 Å². The van der Waals surface area contributed by atoms with E-state index >= 15 is 0 Å². The van der Waals surface area contributed by atoms with Gasteiger partial charge < -0.3 is 9.84 Å². The Kier molecular flexibility index (Phi) is 7.49. The van der Waals surface area contributed by atoms with E-state index in [-0.39, 0.29) is 11.5 Å². The average Bonchev–Trinajstić information content (AvgIpc) is 3.13. The zero-order valence-electron chi connectivity index (χ0n) is 18.3. The Bertz CT molecular complexity index is 1290. The lowest BCUT2D eigenvalue weighted by molar-refractivity contribution is -0.122. The highest BCUT2D eigenvalue weighted by molar-refractivity contribution is 9.10. The van der Waals surface area contributed by atoms with Crippen LogP contribution in [0.25, 0.3) is 6.08 Å². The number of ether oxygens (including phenoxy) is 1. The summed E-state index contributed by atoms with van der Waals surface area (Å²) in [4.78, 5) is 31.0. The first kappa shape index (κ1) is 23.8. The second-order valence-corrected chi connectivity index (χ2v) is 9.29. The van der Waals surface area contributed by atoms with Gasteiger partial charge >= 0.3 is 5.97 Å². The van der Waals surface area contributed by atoms with Crippen molar-refractivity contribution in [3.8, 4) is 5.75 Å². The molecule has 1 aliphatic heterocycles. The van der Waals surface area contributed by atoms with Crippen LogP contribution in [0.4, 0.5) is 5.69 Å². The highest BCUT2D eigenvalue weighted by atomic mass is 79.9. The van der Waals surface area contributed by atoms with E-state index in [0.717, 1.165) is 15.6 Å². The number of aromatic carboxylic acids is 1. The van der Waals surface area contributed by atoms with Crippen LogP contribution in [-0.4, -0.2) is 33.6 Å². The van der Waals surface area contributed by atoms with E-state index in [1.54, 1.807) is 23.1 Å². The van der Waals surface area contributed by atoms with E-state index in [1.165, 1.54) is 23.9 Å². The monoisotopic (exact) mass is 536 g/mol. The Hall–Kier alpha value is -3.36. The van der Waals surface area contributed by atoms with Crippen LogP contribution in [0.5, 0.6) is 5.75 Å². The molecule has 0 atom stereocenters. The van der Waals surface area contributed by atoms with Crippen LogP contribution in [0.2, 0.25) is 0 Å². The molecule has 3 aromatic carbocycles. The molecule has 0 spiro atoms. The Morgan fingerprint density at radius 2 is 1.91 bits per heavy atom. The van der Waals surface area contributed by atoms with Gasteiger partial charge in [-0.05, 0) is 66.7 Å². The molecule has 1 N–H and O–H groups in total. The minimum absolute atomic E-state index is 0.143. The summed E-state index contributed by atoms with van der Waals surface area (Å²) < 4.78 is 6.92. The molecular weight excluding hydrogens is 516 g/mol. The summed E-state index contributed by atoms with van der Waals surface area (Å²) in [5, 5.41) is 9.74. The molecule has 1 aliphatic rings. The molecule has 172 valence electrons. The SMILES string of the molecule is CCN1C(=O)C(=Cc2cc(Br)ccc2OCc2ccccc2)SC1=Nc1cccc(C(=O)O)c1. The first-order chi connectivity index (χ1) is 16.4. The number of carboxylic acids is 1. The average molecular weight is 537 g/mol. The number of carbonyl (C=O) groups is 2. The lowest BCUT2D eigenvalue weighted by Gasteiger charge is -2.12. The van der Waals surface area contributed by atoms with Crippen LogP contribution < -0.4 is 4.74 Å². The quantitative estimate of drug-likeness (QED) is 0.356. The van der Waals surface area contributed by atoms with Gasteiger partial charge in [0.15, 0.2) is 5.17 Å². The fraction of sp³-hybridized carbons (Fsp3) is 0.115. The number of halogens is 1. The second-order valence-electron chi connectivity index (χ2n) is 7.37. The molecule has 0 saturated carbocycles. The number of likely N-dealkylation sites (N-methyl/N-ethyl adjacent to an activating group) is 1. The van der Waals surface area contributed by atoms with Crippen molar-refractivity contribution in [3.63, 3.8) is 0 Å². The van der Waals surface area contributed by atoms with Crippen LogP contribution in [0.1, 0.15) is 28.4 Å². The molecule has 8 heteroatoms. The van der Waals surface area contributed by atoms with Gasteiger partial charge in [-0.15, -0.1) is 0 Å². The molecule has 0 bridgehead atoms. The maximum Gasteiger partial charge on any atom is 0.335 e. The number of carboxylic acid groups (broad SMARTS) is 1. The fourth-order valence-electron chi connectivity index (χ4n) is 3.33. The van der Waals surface area contributed by atoms with E-state index in [1.807, 2.05) is 55.5 Å². The summed E-state index contributed by atoms with van der Waals surface area (Å²) in [6.45, 7) is 2.72. The molecule has 6 nitrogen and oxygen atoms in total. The first-order valence-corrected chi connectivity index (χ1v) is 12.2. The normalized spacial score (nSPS) is 15.8. The van der Waals surface area contributed by atoms with Crippen LogP contribution in [-0.2, 0) is 11.4 Å². The van der Waals surface area contributed by atoms with Gasteiger partial charge in [-0.3, -0.25) is 9.69 Å². The first-order valence-electron chi connectivity index (χ1n) is 10.5. The lowest BCUT2D eigenvalue weighted by atomic mass is 10.1. The molecule has 1 fully saturated rings. The maximum atomic E-state index is 13.1. The highest BCUT2D eigenvalue weighted by Gasteiger charge is 2.32. The van der Waals surface area contributed by atoms with E-state index in [2.05, 4.69) is 20.9 Å². The lowest BCUT2D eigenvalue weighted by Crippen LogP contribution is -2.28. The predicted molar refractivity (Wildman–Crippen MR) is 138 cm³/mol. The maximum absolute atomic E-state index is 13.1. The third kappa shape index (κ3) is 5.58. The van der Waals surface area contributed by atoms with Crippen LogP contribution in [0.15, 0.2) is 87.2 Å². The number of amidine groups is 1. The number of carbonyl (C=O) groups excluding carboxylic acids is 1. The van der Waals surface area contributed by atoms with Gasteiger partial charge in [0.1, 0.15) is 12.4 Å². The van der Waals surface area contributed by atoms with Crippen LogP contribution >= 0.6 is 27.7 Å². The molecule has 34 heavy (non-hydrogen) atoms. The van der Waals surface area contributed by atoms with Gasteiger partial charge in [-0.25, -0.2) is 9.79 Å². The molecule has 0 aromatic heterocycles. The Labute approximate surface area is 210 Å². The third-order valence-corrected chi connectivity index (χ3v) is 6.52. The van der Waals surface area contributed by atoms with E-state index in [9.17, 15) is 14.7 Å². The minimum Gasteiger partial charge on any atom is -0.488 e. The molecule has 0 aliphatic carbocycles. The van der Waals surface area contributed by atoms with E-state index in [0.29, 0.717) is 34.7 Å². The van der Waals surface area contributed by atoms with Crippen molar-refractivity contribution in [1.29, 1.82) is 0 Å². The number of thioether (sulfide) groups is 1. The Balaban J connectivity index is 1.63. The van der Waals surface area contributed by atoms with Crippen LogP contribution in [0, 0.1) is 0 Å². The highest BCUT2D eigenvalue weighted by Crippen LogP contribution is 2.36. The zero-order chi connectivity index (χ0) is 24.1. The molecule has 1 heterocycles. The van der Waals surface area contributed by atoms with Gasteiger partial charge in [0.05, 0.1) is 16.2 Å². The summed E-state index contributed by atoms with van der Waals surface area (Å²) in [5.74, 6) is -0.520. The summed E-state index contributed by atoms with van der Waals surface area (Å²) in [7, 11) is 0. The van der Waals surface area contributed by atoms with Crippen molar-refractivity contribution >= 4 is 56.5 Å². The standard InChI is InChI=1S/C26H21BrN2O4S/c1-2-29-24(30)23(34-26(29)28-21-10-6-9-18(14-21)25(31)32)15-19-13-20(27)11-12-22(19)33-16-17-7-4-3-5-8-17/h3-15H,2,16H2,1H3,(H,31,32). The summed E-state index contributed by atoms with van der Waals surface area (Å²) >= 11 is 4.75. The van der Waals surface area contributed by atoms with Crippen molar-refractivity contribution in [2.24, 2.45) is 4.99 Å².